The highest BCUT2D eigenvalue weighted by molar-refractivity contribution is 7.99. The third kappa shape index (κ3) is 3.73. The van der Waals surface area contributed by atoms with Crippen LogP contribution in [0.1, 0.15) is 13.3 Å². The molecule has 0 spiro atoms. The lowest BCUT2D eigenvalue weighted by Gasteiger charge is -2.00. The normalized spacial score (nSPS) is 10.6. The molecular formula is C7H15N5S. The Morgan fingerprint density at radius 3 is 2.92 bits per heavy atom. The van der Waals surface area contributed by atoms with Gasteiger partial charge in [0.05, 0.1) is 0 Å². The van der Waals surface area contributed by atoms with E-state index in [1.54, 1.807) is 16.4 Å². The number of rotatable bonds is 6. The topological polar surface area (TPSA) is 55.6 Å². The van der Waals surface area contributed by atoms with Crippen LogP contribution < -0.4 is 5.32 Å². The molecule has 1 aromatic heterocycles. The van der Waals surface area contributed by atoms with Crippen LogP contribution in [0.5, 0.6) is 0 Å². The lowest BCUT2D eigenvalue weighted by atomic mass is 10.5. The summed E-state index contributed by atoms with van der Waals surface area (Å²) in [5.41, 5.74) is 0. The molecule has 0 bridgehead atoms. The van der Waals surface area contributed by atoms with Crippen LogP contribution in [0.2, 0.25) is 0 Å². The van der Waals surface area contributed by atoms with E-state index < -0.39 is 0 Å². The molecule has 0 radical (unpaired) electrons. The molecule has 0 fully saturated rings. The first kappa shape index (κ1) is 10.5. The smallest absolute Gasteiger partial charge is 0.209 e. The average Bonchev–Trinajstić information content (AvgIpc) is 2.52. The highest BCUT2D eigenvalue weighted by Gasteiger charge is 2.00. The number of hydrogen-bond acceptors (Lipinski definition) is 5. The first-order valence-electron chi connectivity index (χ1n) is 4.40. The summed E-state index contributed by atoms with van der Waals surface area (Å²) in [6.07, 6.45) is 1.18. The van der Waals surface area contributed by atoms with Gasteiger partial charge in [-0.2, -0.15) is 0 Å². The van der Waals surface area contributed by atoms with E-state index in [1.807, 2.05) is 7.05 Å². The van der Waals surface area contributed by atoms with Crippen molar-refractivity contribution in [2.24, 2.45) is 7.05 Å². The molecule has 0 aliphatic heterocycles. The SMILES string of the molecule is CCCNCCSc1nnnn1C. The third-order valence-electron chi connectivity index (χ3n) is 1.52. The fourth-order valence-corrected chi connectivity index (χ4v) is 1.61. The van der Waals surface area contributed by atoms with E-state index in [0.717, 1.165) is 24.0 Å². The van der Waals surface area contributed by atoms with Gasteiger partial charge in [0.25, 0.3) is 0 Å². The average molecular weight is 201 g/mol. The monoisotopic (exact) mass is 201 g/mol. The van der Waals surface area contributed by atoms with Crippen LogP contribution in [0.3, 0.4) is 0 Å². The molecule has 0 saturated heterocycles. The number of nitrogens with one attached hydrogen (secondary N) is 1. The van der Waals surface area contributed by atoms with Gasteiger partial charge in [-0.25, -0.2) is 4.68 Å². The lowest BCUT2D eigenvalue weighted by Crippen LogP contribution is -2.17. The molecule has 5 nitrogen and oxygen atoms in total. The van der Waals surface area contributed by atoms with Crippen molar-refractivity contribution in [2.45, 2.75) is 18.5 Å². The van der Waals surface area contributed by atoms with Crippen molar-refractivity contribution in [3.63, 3.8) is 0 Å². The molecular weight excluding hydrogens is 186 g/mol. The van der Waals surface area contributed by atoms with Crippen molar-refractivity contribution >= 4 is 11.8 Å². The standard InChI is InChI=1S/C7H15N5S/c1-3-4-8-5-6-13-7-9-10-11-12(7)2/h8H,3-6H2,1-2H3. The van der Waals surface area contributed by atoms with Crippen molar-refractivity contribution < 1.29 is 0 Å². The largest absolute Gasteiger partial charge is 0.316 e. The van der Waals surface area contributed by atoms with Crippen molar-refractivity contribution in [2.75, 3.05) is 18.8 Å². The molecule has 13 heavy (non-hydrogen) atoms. The maximum Gasteiger partial charge on any atom is 0.209 e. The summed E-state index contributed by atoms with van der Waals surface area (Å²) in [5, 5.41) is 15.4. The zero-order valence-electron chi connectivity index (χ0n) is 8.03. The number of aryl methyl sites for hydroxylation is 1. The van der Waals surface area contributed by atoms with Gasteiger partial charge in [-0.05, 0) is 23.4 Å². The van der Waals surface area contributed by atoms with Gasteiger partial charge in [0.2, 0.25) is 5.16 Å². The van der Waals surface area contributed by atoms with E-state index in [4.69, 9.17) is 0 Å². The van der Waals surface area contributed by atoms with E-state index >= 15 is 0 Å². The van der Waals surface area contributed by atoms with Gasteiger partial charge in [-0.3, -0.25) is 0 Å². The molecule has 1 N–H and O–H groups in total. The van der Waals surface area contributed by atoms with Crippen molar-refractivity contribution in [1.29, 1.82) is 0 Å². The highest BCUT2D eigenvalue weighted by atomic mass is 32.2. The Morgan fingerprint density at radius 2 is 2.31 bits per heavy atom. The van der Waals surface area contributed by atoms with Crippen molar-refractivity contribution in [1.82, 2.24) is 25.5 Å². The van der Waals surface area contributed by atoms with Crippen LogP contribution in [0.25, 0.3) is 0 Å². The number of tetrazole rings is 1. The Balaban J connectivity index is 2.10. The van der Waals surface area contributed by atoms with E-state index in [1.165, 1.54) is 6.42 Å². The van der Waals surface area contributed by atoms with E-state index in [-0.39, 0.29) is 0 Å². The van der Waals surface area contributed by atoms with Crippen molar-refractivity contribution in [3.8, 4) is 0 Å². The van der Waals surface area contributed by atoms with Gasteiger partial charge >= 0.3 is 0 Å². The first-order chi connectivity index (χ1) is 6.34. The molecule has 1 rings (SSSR count). The molecule has 6 heteroatoms. The van der Waals surface area contributed by atoms with Gasteiger partial charge in [0.1, 0.15) is 0 Å². The van der Waals surface area contributed by atoms with Gasteiger partial charge < -0.3 is 5.32 Å². The number of thioether (sulfide) groups is 1. The molecule has 0 aliphatic rings. The predicted molar refractivity (Wildman–Crippen MR) is 52.7 cm³/mol. The van der Waals surface area contributed by atoms with Crippen LogP contribution in [0.15, 0.2) is 5.16 Å². The van der Waals surface area contributed by atoms with E-state index in [0.29, 0.717) is 0 Å². The summed E-state index contributed by atoms with van der Waals surface area (Å²) in [7, 11) is 1.85. The summed E-state index contributed by atoms with van der Waals surface area (Å²) in [6, 6.07) is 0. The molecule has 0 unspecified atom stereocenters. The fraction of sp³-hybridized carbons (Fsp3) is 0.857. The summed E-state index contributed by atoms with van der Waals surface area (Å²) in [4.78, 5) is 0. The van der Waals surface area contributed by atoms with Crippen LogP contribution in [-0.2, 0) is 7.05 Å². The molecule has 74 valence electrons. The van der Waals surface area contributed by atoms with Gasteiger partial charge in [0.15, 0.2) is 0 Å². The van der Waals surface area contributed by atoms with Crippen LogP contribution in [-0.4, -0.2) is 39.0 Å². The van der Waals surface area contributed by atoms with Crippen LogP contribution >= 0.6 is 11.8 Å². The second-order valence-electron chi connectivity index (χ2n) is 2.68. The van der Waals surface area contributed by atoms with Gasteiger partial charge in [0, 0.05) is 19.3 Å². The zero-order valence-corrected chi connectivity index (χ0v) is 8.84. The Bertz CT molecular complexity index is 237. The Kier molecular flexibility index (Phi) is 4.77. The number of aromatic nitrogens is 4. The minimum absolute atomic E-state index is 0.873. The quantitative estimate of drug-likeness (QED) is 0.530. The summed E-state index contributed by atoms with van der Waals surface area (Å²) >= 11 is 1.67. The minimum atomic E-state index is 0.873. The fourth-order valence-electron chi connectivity index (χ4n) is 0.860. The zero-order chi connectivity index (χ0) is 9.52. The molecule has 0 saturated carbocycles. The summed E-state index contributed by atoms with van der Waals surface area (Å²) < 4.78 is 1.69. The molecule has 0 amide bonds. The number of nitrogens with zero attached hydrogens (tertiary/aromatic N) is 4. The molecule has 1 heterocycles. The summed E-state index contributed by atoms with van der Waals surface area (Å²) in [6.45, 7) is 4.25. The third-order valence-corrected chi connectivity index (χ3v) is 2.53. The Morgan fingerprint density at radius 1 is 1.46 bits per heavy atom. The highest BCUT2D eigenvalue weighted by Crippen LogP contribution is 2.10. The molecule has 0 aliphatic carbocycles. The van der Waals surface area contributed by atoms with Crippen LogP contribution in [0, 0.1) is 0 Å². The maximum absolute atomic E-state index is 3.87. The van der Waals surface area contributed by atoms with Crippen LogP contribution in [0.4, 0.5) is 0 Å². The maximum atomic E-state index is 3.87. The Hall–Kier alpha value is -0.620. The van der Waals surface area contributed by atoms with Gasteiger partial charge in [-0.1, -0.05) is 18.7 Å². The molecule has 0 atom stereocenters. The van der Waals surface area contributed by atoms with Gasteiger partial charge in [-0.15, -0.1) is 5.10 Å². The summed E-state index contributed by atoms with van der Waals surface area (Å²) in [5.74, 6) is 1.01. The minimum Gasteiger partial charge on any atom is -0.316 e. The lowest BCUT2D eigenvalue weighted by molar-refractivity contribution is 0.663. The van der Waals surface area contributed by atoms with E-state index in [9.17, 15) is 0 Å². The Labute approximate surface area is 82.3 Å². The van der Waals surface area contributed by atoms with E-state index in [2.05, 4.69) is 27.8 Å². The molecule has 0 aromatic carbocycles. The molecule has 1 aromatic rings. The predicted octanol–water partition coefficient (Wildman–Crippen LogP) is 0.302. The second-order valence-corrected chi connectivity index (χ2v) is 3.75. The first-order valence-corrected chi connectivity index (χ1v) is 5.39. The second kappa shape index (κ2) is 5.93. The number of hydrogen-bond donors (Lipinski definition) is 1. The van der Waals surface area contributed by atoms with Crippen molar-refractivity contribution in [3.05, 3.63) is 0 Å².